The third-order valence-corrected chi connectivity index (χ3v) is 7.65. The van der Waals surface area contributed by atoms with Crippen molar-refractivity contribution < 1.29 is 0 Å². The summed E-state index contributed by atoms with van der Waals surface area (Å²) in [4.78, 5) is 9.31. The van der Waals surface area contributed by atoms with E-state index in [9.17, 15) is 0 Å². The molecule has 162 valence electrons. The van der Waals surface area contributed by atoms with Crippen molar-refractivity contribution in [3.63, 3.8) is 0 Å². The van der Waals surface area contributed by atoms with Crippen molar-refractivity contribution in [3.8, 4) is 0 Å². The number of fused-ring (bicyclic) bond motifs is 1. The van der Waals surface area contributed by atoms with Gasteiger partial charge in [0, 0.05) is 17.3 Å². The number of aliphatic imine (C=N–C) groups is 1. The molecule has 0 bridgehead atoms. The number of benzene rings is 2. The molecule has 2 N–H and O–H groups in total. The zero-order valence-corrected chi connectivity index (χ0v) is 19.8. The molecule has 0 spiro atoms. The summed E-state index contributed by atoms with van der Waals surface area (Å²) in [5.41, 5.74) is 4.67. The van der Waals surface area contributed by atoms with Gasteiger partial charge in [0.2, 0.25) is 0 Å². The lowest BCUT2D eigenvalue weighted by Crippen LogP contribution is -2.09. The van der Waals surface area contributed by atoms with Gasteiger partial charge in [-0.15, -0.1) is 0 Å². The molecule has 1 aliphatic carbocycles. The minimum Gasteiger partial charge on any atom is -0.361 e. The standard InChI is InChI=1S/C25H23ClN4S2/c26-19-9-12-21-22(15-19)31-24(30-21)27-14-13-17-7-10-20(11-8-17)29-25-28-16-23(32-25)18-5-3-1-2-4-6-18/h1,3-12,15,23H,2,13-14,16H2,(H,27,30)(H,28,29). The van der Waals surface area contributed by atoms with E-state index in [0.29, 0.717) is 5.25 Å². The van der Waals surface area contributed by atoms with Crippen LogP contribution in [0.5, 0.6) is 0 Å². The van der Waals surface area contributed by atoms with E-state index in [2.05, 4.69) is 70.3 Å². The Morgan fingerprint density at radius 2 is 2.00 bits per heavy atom. The molecule has 0 fully saturated rings. The van der Waals surface area contributed by atoms with Gasteiger partial charge in [0.25, 0.3) is 0 Å². The lowest BCUT2D eigenvalue weighted by atomic mass is 10.1. The first-order chi connectivity index (χ1) is 15.7. The number of nitrogens with one attached hydrogen (secondary N) is 2. The summed E-state index contributed by atoms with van der Waals surface area (Å²) in [6.07, 6.45) is 12.9. The molecule has 0 saturated heterocycles. The van der Waals surface area contributed by atoms with Crippen LogP contribution in [0.4, 0.5) is 10.8 Å². The van der Waals surface area contributed by atoms with Gasteiger partial charge in [-0.05, 0) is 54.3 Å². The quantitative estimate of drug-likeness (QED) is 0.403. The van der Waals surface area contributed by atoms with E-state index < -0.39 is 0 Å². The molecule has 7 heteroatoms. The predicted molar refractivity (Wildman–Crippen MR) is 142 cm³/mol. The first-order valence-corrected chi connectivity index (χ1v) is 12.7. The van der Waals surface area contributed by atoms with Crippen LogP contribution >= 0.6 is 34.7 Å². The molecule has 5 rings (SSSR count). The number of hydrogen-bond acceptors (Lipinski definition) is 6. The Bertz CT molecular complexity index is 1220. The van der Waals surface area contributed by atoms with E-state index in [4.69, 9.17) is 16.6 Å². The van der Waals surface area contributed by atoms with Gasteiger partial charge >= 0.3 is 0 Å². The number of anilines is 2. The second-order valence-corrected chi connectivity index (χ2v) is 10.3. The van der Waals surface area contributed by atoms with E-state index in [1.54, 1.807) is 23.1 Å². The third kappa shape index (κ3) is 5.26. The summed E-state index contributed by atoms with van der Waals surface area (Å²) in [6.45, 7) is 1.65. The molecule has 1 unspecified atom stereocenters. The van der Waals surface area contributed by atoms with Crippen molar-refractivity contribution in [2.45, 2.75) is 18.1 Å². The SMILES string of the molecule is Clc1ccc2nc(NCCc3ccc(NC4=NCC(C5=CC=CCC=C5)S4)cc3)sc2c1. The smallest absolute Gasteiger partial charge is 0.183 e. The Hall–Kier alpha value is -2.54. The summed E-state index contributed by atoms with van der Waals surface area (Å²) in [6, 6.07) is 14.4. The van der Waals surface area contributed by atoms with Crippen LogP contribution in [0.3, 0.4) is 0 Å². The largest absolute Gasteiger partial charge is 0.361 e. The summed E-state index contributed by atoms with van der Waals surface area (Å²) in [5.74, 6) is 0. The molecular formula is C25H23ClN4S2. The van der Waals surface area contributed by atoms with Gasteiger partial charge in [-0.1, -0.05) is 77.2 Å². The van der Waals surface area contributed by atoms with Gasteiger partial charge in [-0.2, -0.15) is 0 Å². The molecule has 2 heterocycles. The number of thiazole rings is 1. The highest BCUT2D eigenvalue weighted by atomic mass is 35.5. The van der Waals surface area contributed by atoms with E-state index >= 15 is 0 Å². The maximum atomic E-state index is 6.06. The topological polar surface area (TPSA) is 49.3 Å². The summed E-state index contributed by atoms with van der Waals surface area (Å²) in [5, 5.41) is 9.94. The van der Waals surface area contributed by atoms with E-state index in [1.165, 1.54) is 11.1 Å². The molecule has 1 aromatic heterocycles. The number of halogens is 1. The van der Waals surface area contributed by atoms with Crippen LogP contribution in [-0.2, 0) is 6.42 Å². The Morgan fingerprint density at radius 1 is 1.09 bits per heavy atom. The fourth-order valence-electron chi connectivity index (χ4n) is 3.59. The molecule has 4 nitrogen and oxygen atoms in total. The number of rotatable bonds is 6. The molecule has 2 aromatic carbocycles. The van der Waals surface area contributed by atoms with Gasteiger partial charge in [0.05, 0.1) is 22.0 Å². The van der Waals surface area contributed by atoms with E-state index in [0.717, 1.165) is 57.2 Å². The van der Waals surface area contributed by atoms with Crippen molar-refractivity contribution in [2.24, 2.45) is 4.99 Å². The zero-order chi connectivity index (χ0) is 21.8. The Morgan fingerprint density at radius 3 is 2.91 bits per heavy atom. The molecule has 1 aliphatic heterocycles. The van der Waals surface area contributed by atoms with Gasteiger partial charge in [-0.25, -0.2) is 4.98 Å². The van der Waals surface area contributed by atoms with Crippen LogP contribution in [0.1, 0.15) is 12.0 Å². The number of allylic oxidation sites excluding steroid dienone is 5. The second kappa shape index (κ2) is 9.94. The van der Waals surface area contributed by atoms with Crippen LogP contribution in [0, 0.1) is 0 Å². The average molecular weight is 479 g/mol. The zero-order valence-electron chi connectivity index (χ0n) is 17.4. The van der Waals surface area contributed by atoms with Gasteiger partial charge in [-0.3, -0.25) is 4.99 Å². The average Bonchev–Trinajstić information content (AvgIpc) is 3.32. The maximum Gasteiger partial charge on any atom is 0.183 e. The van der Waals surface area contributed by atoms with Gasteiger partial charge in [0.1, 0.15) is 0 Å². The summed E-state index contributed by atoms with van der Waals surface area (Å²) in [7, 11) is 0. The Kier molecular flexibility index (Phi) is 6.62. The molecule has 3 aromatic rings. The number of thioether (sulfide) groups is 1. The van der Waals surface area contributed by atoms with Crippen LogP contribution in [0.15, 0.2) is 83.4 Å². The van der Waals surface area contributed by atoms with Crippen LogP contribution in [0.25, 0.3) is 10.2 Å². The number of hydrogen-bond donors (Lipinski definition) is 2. The summed E-state index contributed by atoms with van der Waals surface area (Å²) < 4.78 is 1.10. The molecular weight excluding hydrogens is 456 g/mol. The highest BCUT2D eigenvalue weighted by Crippen LogP contribution is 2.30. The molecule has 32 heavy (non-hydrogen) atoms. The molecule has 2 aliphatic rings. The lowest BCUT2D eigenvalue weighted by molar-refractivity contribution is 1.01. The predicted octanol–water partition coefficient (Wildman–Crippen LogP) is 6.93. The highest BCUT2D eigenvalue weighted by molar-refractivity contribution is 8.15. The first kappa shape index (κ1) is 21.3. The maximum absolute atomic E-state index is 6.06. The minimum atomic E-state index is 0.389. The van der Waals surface area contributed by atoms with Crippen molar-refractivity contribution in [1.82, 2.24) is 4.98 Å². The minimum absolute atomic E-state index is 0.389. The number of aromatic nitrogens is 1. The summed E-state index contributed by atoms with van der Waals surface area (Å²) >= 11 is 9.50. The van der Waals surface area contributed by atoms with E-state index in [1.807, 2.05) is 18.2 Å². The van der Waals surface area contributed by atoms with Gasteiger partial charge < -0.3 is 10.6 Å². The monoisotopic (exact) mass is 478 g/mol. The molecule has 0 amide bonds. The van der Waals surface area contributed by atoms with Crippen molar-refractivity contribution in [3.05, 3.63) is 89.0 Å². The molecule has 1 atom stereocenters. The van der Waals surface area contributed by atoms with Gasteiger partial charge in [0.15, 0.2) is 10.3 Å². The highest BCUT2D eigenvalue weighted by Gasteiger charge is 2.22. The fraction of sp³-hybridized carbons (Fsp3) is 0.200. The van der Waals surface area contributed by atoms with Crippen LogP contribution < -0.4 is 10.6 Å². The van der Waals surface area contributed by atoms with Crippen LogP contribution in [0.2, 0.25) is 5.02 Å². The Balaban J connectivity index is 1.11. The number of amidine groups is 1. The Labute approximate surface area is 201 Å². The third-order valence-electron chi connectivity index (χ3n) is 5.28. The second-order valence-electron chi connectivity index (χ2n) is 7.61. The normalized spacial score (nSPS) is 17.8. The van der Waals surface area contributed by atoms with Crippen LogP contribution in [-0.4, -0.2) is 28.5 Å². The first-order valence-electron chi connectivity index (χ1n) is 10.6. The molecule has 0 saturated carbocycles. The fourth-order valence-corrected chi connectivity index (χ4v) is 5.80. The lowest BCUT2D eigenvalue weighted by Gasteiger charge is -2.10. The van der Waals surface area contributed by atoms with Crippen molar-refractivity contribution >= 4 is 60.9 Å². The molecule has 0 radical (unpaired) electrons. The van der Waals surface area contributed by atoms with E-state index in [-0.39, 0.29) is 0 Å². The number of nitrogens with zero attached hydrogens (tertiary/aromatic N) is 2. The van der Waals surface area contributed by atoms with Crippen molar-refractivity contribution in [1.29, 1.82) is 0 Å². The van der Waals surface area contributed by atoms with Crippen molar-refractivity contribution in [2.75, 3.05) is 23.7 Å².